The summed E-state index contributed by atoms with van der Waals surface area (Å²) in [6.07, 6.45) is 2.48. The maximum Gasteiger partial charge on any atom is 0.252 e. The van der Waals surface area contributed by atoms with Gasteiger partial charge in [-0.1, -0.05) is 36.4 Å². The SMILES string of the molecule is Cc1nc2ncnn2c(C)c1CCC(=O)Nc1cccc2ccccc12. The van der Waals surface area contributed by atoms with E-state index in [0.29, 0.717) is 18.6 Å². The van der Waals surface area contributed by atoms with Crippen molar-refractivity contribution in [2.45, 2.75) is 26.7 Å². The number of fused-ring (bicyclic) bond motifs is 2. The monoisotopic (exact) mass is 345 g/mol. The number of benzene rings is 2. The number of rotatable bonds is 4. The van der Waals surface area contributed by atoms with Crippen LogP contribution in [0.4, 0.5) is 5.69 Å². The van der Waals surface area contributed by atoms with E-state index in [2.05, 4.69) is 20.4 Å². The fourth-order valence-electron chi connectivity index (χ4n) is 3.30. The van der Waals surface area contributed by atoms with Crippen molar-refractivity contribution >= 4 is 28.1 Å². The predicted octanol–water partition coefficient (Wildman–Crippen LogP) is 3.47. The van der Waals surface area contributed by atoms with Gasteiger partial charge in [-0.2, -0.15) is 10.1 Å². The van der Waals surface area contributed by atoms with Crippen molar-refractivity contribution in [3.63, 3.8) is 0 Å². The highest BCUT2D eigenvalue weighted by Gasteiger charge is 2.13. The fraction of sp³-hybridized carbons (Fsp3) is 0.200. The van der Waals surface area contributed by atoms with Gasteiger partial charge < -0.3 is 5.32 Å². The highest BCUT2D eigenvalue weighted by atomic mass is 16.1. The molecule has 4 rings (SSSR count). The first-order valence-electron chi connectivity index (χ1n) is 8.57. The second kappa shape index (κ2) is 6.55. The minimum absolute atomic E-state index is 0.0150. The topological polar surface area (TPSA) is 72.2 Å². The number of carbonyl (C=O) groups excluding carboxylic acids is 1. The van der Waals surface area contributed by atoms with Crippen molar-refractivity contribution in [2.24, 2.45) is 0 Å². The quantitative estimate of drug-likeness (QED) is 0.615. The van der Waals surface area contributed by atoms with Crippen molar-refractivity contribution in [3.8, 4) is 0 Å². The Morgan fingerprint density at radius 3 is 2.81 bits per heavy atom. The number of hydrogen-bond acceptors (Lipinski definition) is 4. The minimum Gasteiger partial charge on any atom is -0.326 e. The zero-order valence-corrected chi connectivity index (χ0v) is 14.7. The summed E-state index contributed by atoms with van der Waals surface area (Å²) in [7, 11) is 0. The van der Waals surface area contributed by atoms with Crippen LogP contribution in [-0.4, -0.2) is 25.5 Å². The molecule has 130 valence electrons. The molecule has 0 fully saturated rings. The lowest BCUT2D eigenvalue weighted by atomic mass is 10.1. The summed E-state index contributed by atoms with van der Waals surface area (Å²) < 4.78 is 1.71. The number of carbonyl (C=O) groups is 1. The second-order valence-electron chi connectivity index (χ2n) is 6.31. The van der Waals surface area contributed by atoms with E-state index in [1.165, 1.54) is 6.33 Å². The van der Waals surface area contributed by atoms with Crippen LogP contribution in [0.15, 0.2) is 48.8 Å². The Morgan fingerprint density at radius 2 is 1.92 bits per heavy atom. The maximum atomic E-state index is 12.5. The second-order valence-corrected chi connectivity index (χ2v) is 6.31. The van der Waals surface area contributed by atoms with E-state index in [1.807, 2.05) is 56.3 Å². The molecule has 4 aromatic rings. The molecule has 1 amide bonds. The predicted molar refractivity (Wildman–Crippen MR) is 101 cm³/mol. The molecule has 0 aliphatic rings. The van der Waals surface area contributed by atoms with Crippen LogP contribution in [0.25, 0.3) is 16.6 Å². The minimum atomic E-state index is -0.0150. The lowest BCUT2D eigenvalue weighted by molar-refractivity contribution is -0.116. The van der Waals surface area contributed by atoms with Gasteiger partial charge in [0.2, 0.25) is 5.91 Å². The molecule has 0 spiro atoms. The molecule has 0 aliphatic heterocycles. The Kier molecular flexibility index (Phi) is 4.08. The van der Waals surface area contributed by atoms with Gasteiger partial charge in [-0.05, 0) is 37.3 Å². The van der Waals surface area contributed by atoms with Gasteiger partial charge >= 0.3 is 0 Å². The van der Waals surface area contributed by atoms with E-state index in [0.717, 1.165) is 33.4 Å². The molecule has 0 radical (unpaired) electrons. The molecular formula is C20H19N5O. The fourth-order valence-corrected chi connectivity index (χ4v) is 3.30. The average Bonchev–Trinajstić information content (AvgIpc) is 3.10. The summed E-state index contributed by atoms with van der Waals surface area (Å²) in [5.74, 6) is 0.572. The molecule has 6 heteroatoms. The van der Waals surface area contributed by atoms with Gasteiger partial charge in [0.1, 0.15) is 6.33 Å². The zero-order valence-electron chi connectivity index (χ0n) is 14.7. The zero-order chi connectivity index (χ0) is 18.1. The Hall–Kier alpha value is -3.28. The van der Waals surface area contributed by atoms with Crippen molar-refractivity contribution in [1.82, 2.24) is 19.6 Å². The summed E-state index contributed by atoms with van der Waals surface area (Å²) in [5, 5.41) is 9.38. The number of anilines is 1. The number of amides is 1. The third-order valence-corrected chi connectivity index (χ3v) is 4.65. The number of aromatic nitrogens is 4. The molecule has 1 N–H and O–H groups in total. The first kappa shape index (κ1) is 16.2. The van der Waals surface area contributed by atoms with Gasteiger partial charge in [0, 0.05) is 28.9 Å². The van der Waals surface area contributed by atoms with Crippen LogP contribution in [0.3, 0.4) is 0 Å². The standard InChI is InChI=1S/C20H19N5O/c1-13-16(14(2)25-20(23-13)21-12-22-25)10-11-19(26)24-18-9-5-7-15-6-3-4-8-17(15)18/h3-9,12H,10-11H2,1-2H3,(H,24,26). The molecule has 0 atom stereocenters. The van der Waals surface area contributed by atoms with E-state index < -0.39 is 0 Å². The highest BCUT2D eigenvalue weighted by molar-refractivity contribution is 6.02. The van der Waals surface area contributed by atoms with Gasteiger partial charge in [0.05, 0.1) is 0 Å². The smallest absolute Gasteiger partial charge is 0.252 e. The van der Waals surface area contributed by atoms with Gasteiger partial charge in [-0.15, -0.1) is 0 Å². The third-order valence-electron chi connectivity index (χ3n) is 4.65. The number of hydrogen-bond donors (Lipinski definition) is 1. The molecule has 2 aromatic carbocycles. The third kappa shape index (κ3) is 2.90. The van der Waals surface area contributed by atoms with Gasteiger partial charge in [-0.3, -0.25) is 4.79 Å². The van der Waals surface area contributed by atoms with Crippen LogP contribution in [-0.2, 0) is 11.2 Å². The van der Waals surface area contributed by atoms with E-state index in [1.54, 1.807) is 4.52 Å². The Bertz CT molecular complexity index is 1110. The van der Waals surface area contributed by atoms with Gasteiger partial charge in [0.25, 0.3) is 5.78 Å². The van der Waals surface area contributed by atoms with Crippen molar-refractivity contribution in [3.05, 3.63) is 65.7 Å². The maximum absolute atomic E-state index is 12.5. The molecule has 2 heterocycles. The molecule has 0 bridgehead atoms. The van der Waals surface area contributed by atoms with E-state index >= 15 is 0 Å². The van der Waals surface area contributed by atoms with Crippen LogP contribution >= 0.6 is 0 Å². The molecule has 0 unspecified atom stereocenters. The van der Waals surface area contributed by atoms with Crippen molar-refractivity contribution in [2.75, 3.05) is 5.32 Å². The summed E-state index contributed by atoms with van der Waals surface area (Å²) >= 11 is 0. The average molecular weight is 345 g/mol. The summed E-state index contributed by atoms with van der Waals surface area (Å²) in [6.45, 7) is 3.92. The van der Waals surface area contributed by atoms with Crippen LogP contribution < -0.4 is 5.32 Å². The Morgan fingerprint density at radius 1 is 1.12 bits per heavy atom. The number of nitrogens with zero attached hydrogens (tertiary/aromatic N) is 4. The largest absolute Gasteiger partial charge is 0.326 e. The Labute approximate surface area is 150 Å². The van der Waals surface area contributed by atoms with Crippen LogP contribution in [0.2, 0.25) is 0 Å². The summed E-state index contributed by atoms with van der Waals surface area (Å²) in [4.78, 5) is 21.1. The van der Waals surface area contributed by atoms with E-state index in [4.69, 9.17) is 0 Å². The van der Waals surface area contributed by atoms with Crippen LogP contribution in [0.1, 0.15) is 23.4 Å². The highest BCUT2D eigenvalue weighted by Crippen LogP contribution is 2.23. The van der Waals surface area contributed by atoms with E-state index in [9.17, 15) is 4.79 Å². The molecule has 0 saturated heterocycles. The lowest BCUT2D eigenvalue weighted by Crippen LogP contribution is -2.14. The molecule has 0 aliphatic carbocycles. The molecule has 26 heavy (non-hydrogen) atoms. The molecule has 6 nitrogen and oxygen atoms in total. The number of aryl methyl sites for hydroxylation is 2. The van der Waals surface area contributed by atoms with Crippen molar-refractivity contribution < 1.29 is 4.79 Å². The van der Waals surface area contributed by atoms with Crippen molar-refractivity contribution in [1.29, 1.82) is 0 Å². The molecule has 2 aromatic heterocycles. The first-order valence-corrected chi connectivity index (χ1v) is 8.57. The number of nitrogens with one attached hydrogen (secondary N) is 1. The van der Waals surface area contributed by atoms with Gasteiger partial charge in [0.15, 0.2) is 0 Å². The normalized spacial score (nSPS) is 11.2. The molecule has 0 saturated carbocycles. The van der Waals surface area contributed by atoms with Crippen LogP contribution in [0, 0.1) is 13.8 Å². The molecular weight excluding hydrogens is 326 g/mol. The summed E-state index contributed by atoms with van der Waals surface area (Å²) in [6, 6.07) is 13.9. The summed E-state index contributed by atoms with van der Waals surface area (Å²) in [5.41, 5.74) is 3.74. The van der Waals surface area contributed by atoms with Crippen LogP contribution in [0.5, 0.6) is 0 Å². The first-order chi connectivity index (χ1) is 12.6. The lowest BCUT2D eigenvalue weighted by Gasteiger charge is -2.11. The Balaban J connectivity index is 1.52. The van der Waals surface area contributed by atoms with Gasteiger partial charge in [-0.25, -0.2) is 9.50 Å². The van der Waals surface area contributed by atoms with E-state index in [-0.39, 0.29) is 5.91 Å².